The quantitative estimate of drug-likeness (QED) is 0.363. The van der Waals surface area contributed by atoms with Crippen LogP contribution in [0.2, 0.25) is 0 Å². The molecule has 0 saturated carbocycles. The maximum atomic E-state index is 11.3. The third kappa shape index (κ3) is 4.14. The van der Waals surface area contributed by atoms with Crippen molar-refractivity contribution in [3.8, 4) is 0 Å². The molecule has 9 heteroatoms. The van der Waals surface area contributed by atoms with E-state index in [4.69, 9.17) is 25.4 Å². The summed E-state index contributed by atoms with van der Waals surface area (Å²) in [7, 11) is 1.27. The molecule has 1 aliphatic heterocycles. The van der Waals surface area contributed by atoms with E-state index in [1.54, 1.807) is 0 Å². The summed E-state index contributed by atoms with van der Waals surface area (Å²) in [6.07, 6.45) is -2.29. The standard InChI is InChI=1S/C12H20N2O7/c1-5(16)14-9-6(13)3-8(12(18)19)21-11(9)10(20-2)7(17)4-15/h3,6-7,9-11,15,17H,4,13H2,1-2H3,(H,14,16)(H,18,19)/t6-,7+,9+,10+,11+/m0/s1. The Hall–Kier alpha value is -1.68. The second kappa shape index (κ2) is 7.36. The molecule has 0 radical (unpaired) electrons. The number of nitrogens with two attached hydrogens (primary N) is 1. The molecule has 21 heavy (non-hydrogen) atoms. The van der Waals surface area contributed by atoms with Gasteiger partial charge in [-0.3, -0.25) is 4.79 Å². The Morgan fingerprint density at radius 3 is 2.62 bits per heavy atom. The van der Waals surface area contributed by atoms with Crippen LogP contribution >= 0.6 is 0 Å². The van der Waals surface area contributed by atoms with Gasteiger partial charge in [0.2, 0.25) is 11.7 Å². The summed E-state index contributed by atoms with van der Waals surface area (Å²) >= 11 is 0. The van der Waals surface area contributed by atoms with Crippen LogP contribution in [-0.4, -0.2) is 71.3 Å². The zero-order valence-corrected chi connectivity index (χ0v) is 11.7. The maximum Gasteiger partial charge on any atom is 0.370 e. The summed E-state index contributed by atoms with van der Waals surface area (Å²) in [5.74, 6) is -2.13. The molecular weight excluding hydrogens is 284 g/mol. The number of carboxylic acids is 1. The van der Waals surface area contributed by atoms with Crippen molar-refractivity contribution in [1.82, 2.24) is 5.32 Å². The van der Waals surface area contributed by atoms with Crippen molar-refractivity contribution in [2.45, 2.75) is 37.3 Å². The number of carboxylic acid groups (broad SMARTS) is 1. The molecule has 9 nitrogen and oxygen atoms in total. The lowest BCUT2D eigenvalue weighted by molar-refractivity contribution is -0.149. The Labute approximate surface area is 121 Å². The van der Waals surface area contributed by atoms with Gasteiger partial charge in [0.25, 0.3) is 0 Å². The van der Waals surface area contributed by atoms with Gasteiger partial charge in [-0.1, -0.05) is 0 Å². The van der Waals surface area contributed by atoms with Crippen LogP contribution in [0.15, 0.2) is 11.8 Å². The molecular formula is C12H20N2O7. The maximum absolute atomic E-state index is 11.3. The SMILES string of the molecule is CO[C@@H]([C@@H]1OC(C(=O)O)=C[C@H](N)[C@H]1NC(C)=O)[C@H](O)CO. The van der Waals surface area contributed by atoms with Crippen LogP contribution in [0, 0.1) is 0 Å². The van der Waals surface area contributed by atoms with Crippen LogP contribution in [0.3, 0.4) is 0 Å². The van der Waals surface area contributed by atoms with Crippen LogP contribution < -0.4 is 11.1 Å². The smallest absolute Gasteiger partial charge is 0.370 e. The molecule has 1 heterocycles. The fraction of sp³-hybridized carbons (Fsp3) is 0.667. The van der Waals surface area contributed by atoms with Crippen molar-refractivity contribution in [3.05, 3.63) is 11.8 Å². The molecule has 1 aliphatic rings. The third-order valence-electron chi connectivity index (χ3n) is 3.12. The minimum atomic E-state index is -1.33. The number of ether oxygens (including phenoxy) is 2. The highest BCUT2D eigenvalue weighted by Crippen LogP contribution is 2.23. The first-order valence-corrected chi connectivity index (χ1v) is 6.28. The number of nitrogens with one attached hydrogen (secondary N) is 1. The Balaban J connectivity index is 3.11. The van der Waals surface area contributed by atoms with Crippen molar-refractivity contribution < 1.29 is 34.4 Å². The summed E-state index contributed by atoms with van der Waals surface area (Å²) in [4.78, 5) is 22.3. The second-order valence-electron chi connectivity index (χ2n) is 4.67. The van der Waals surface area contributed by atoms with E-state index < -0.39 is 54.6 Å². The Morgan fingerprint density at radius 2 is 2.19 bits per heavy atom. The van der Waals surface area contributed by atoms with Crippen LogP contribution in [0.1, 0.15) is 6.92 Å². The Kier molecular flexibility index (Phi) is 6.09. The average molecular weight is 304 g/mol. The number of aliphatic carboxylic acids is 1. The van der Waals surface area contributed by atoms with Gasteiger partial charge in [-0.2, -0.15) is 0 Å². The minimum Gasteiger partial charge on any atom is -0.478 e. The molecule has 5 atom stereocenters. The lowest BCUT2D eigenvalue weighted by Gasteiger charge is -2.39. The number of carbonyl (C=O) groups excluding carboxylic acids is 1. The van der Waals surface area contributed by atoms with E-state index >= 15 is 0 Å². The summed E-state index contributed by atoms with van der Waals surface area (Å²) in [5, 5.41) is 30.3. The molecule has 120 valence electrons. The van der Waals surface area contributed by atoms with E-state index in [-0.39, 0.29) is 0 Å². The average Bonchev–Trinajstić information content (AvgIpc) is 2.41. The number of hydrogen-bond donors (Lipinski definition) is 5. The van der Waals surface area contributed by atoms with Gasteiger partial charge in [0.15, 0.2) is 0 Å². The van der Waals surface area contributed by atoms with E-state index in [1.807, 2.05) is 0 Å². The topological polar surface area (TPSA) is 151 Å². The molecule has 1 rings (SSSR count). The van der Waals surface area contributed by atoms with E-state index in [1.165, 1.54) is 14.0 Å². The van der Waals surface area contributed by atoms with E-state index in [0.717, 1.165) is 6.08 Å². The molecule has 0 aromatic heterocycles. The van der Waals surface area contributed by atoms with Gasteiger partial charge < -0.3 is 35.8 Å². The fourth-order valence-electron chi connectivity index (χ4n) is 2.18. The fourth-order valence-corrected chi connectivity index (χ4v) is 2.18. The first-order valence-electron chi connectivity index (χ1n) is 6.28. The summed E-state index contributed by atoms with van der Waals surface area (Å²) in [5.41, 5.74) is 5.85. The highest BCUT2D eigenvalue weighted by molar-refractivity contribution is 5.84. The number of aliphatic hydroxyl groups excluding tert-OH is 2. The van der Waals surface area contributed by atoms with E-state index in [0.29, 0.717) is 0 Å². The molecule has 0 aromatic carbocycles. The lowest BCUT2D eigenvalue weighted by atomic mass is 9.92. The van der Waals surface area contributed by atoms with Crippen molar-refractivity contribution in [1.29, 1.82) is 0 Å². The molecule has 0 fully saturated rings. The highest BCUT2D eigenvalue weighted by Gasteiger charge is 2.43. The molecule has 0 saturated heterocycles. The molecule has 0 aliphatic carbocycles. The van der Waals surface area contributed by atoms with Gasteiger partial charge in [-0.25, -0.2) is 4.79 Å². The van der Waals surface area contributed by atoms with Crippen molar-refractivity contribution >= 4 is 11.9 Å². The molecule has 6 N–H and O–H groups in total. The first-order chi connectivity index (χ1) is 9.81. The van der Waals surface area contributed by atoms with E-state index in [2.05, 4.69) is 5.32 Å². The van der Waals surface area contributed by atoms with Gasteiger partial charge in [0, 0.05) is 14.0 Å². The summed E-state index contributed by atoms with van der Waals surface area (Å²) in [6, 6.07) is -1.65. The predicted molar refractivity (Wildman–Crippen MR) is 70.1 cm³/mol. The number of amides is 1. The van der Waals surface area contributed by atoms with Crippen molar-refractivity contribution in [2.75, 3.05) is 13.7 Å². The van der Waals surface area contributed by atoms with Crippen molar-refractivity contribution in [3.63, 3.8) is 0 Å². The van der Waals surface area contributed by atoms with Crippen LogP contribution in [0.5, 0.6) is 0 Å². The Morgan fingerprint density at radius 1 is 1.57 bits per heavy atom. The largest absolute Gasteiger partial charge is 0.478 e. The van der Waals surface area contributed by atoms with Gasteiger partial charge in [0.1, 0.15) is 18.3 Å². The number of hydrogen-bond acceptors (Lipinski definition) is 7. The van der Waals surface area contributed by atoms with Crippen molar-refractivity contribution in [2.24, 2.45) is 5.73 Å². The summed E-state index contributed by atoms with van der Waals surface area (Å²) < 4.78 is 10.3. The molecule has 1 amide bonds. The van der Waals surface area contributed by atoms with E-state index in [9.17, 15) is 14.7 Å². The van der Waals surface area contributed by atoms with Crippen LogP contribution in [0.4, 0.5) is 0 Å². The molecule has 0 aromatic rings. The normalized spacial score (nSPS) is 28.0. The highest BCUT2D eigenvalue weighted by atomic mass is 16.6. The second-order valence-corrected chi connectivity index (χ2v) is 4.67. The van der Waals surface area contributed by atoms with Gasteiger partial charge in [0.05, 0.1) is 18.7 Å². The lowest BCUT2D eigenvalue weighted by Crippen LogP contribution is -2.62. The summed E-state index contributed by atoms with van der Waals surface area (Å²) in [6.45, 7) is 0.650. The third-order valence-corrected chi connectivity index (χ3v) is 3.12. The minimum absolute atomic E-state index is 0.399. The predicted octanol–water partition coefficient (Wildman–Crippen LogP) is -2.45. The van der Waals surface area contributed by atoms with Crippen LogP contribution in [0.25, 0.3) is 0 Å². The molecule has 0 spiro atoms. The Bertz CT molecular complexity index is 426. The number of carbonyl (C=O) groups is 2. The molecule has 0 unspecified atom stereocenters. The zero-order valence-electron chi connectivity index (χ0n) is 11.7. The van der Waals surface area contributed by atoms with Gasteiger partial charge >= 0.3 is 5.97 Å². The monoisotopic (exact) mass is 304 g/mol. The number of aliphatic hydroxyl groups is 2. The molecule has 0 bridgehead atoms. The van der Waals surface area contributed by atoms with Crippen LogP contribution in [-0.2, 0) is 19.1 Å². The van der Waals surface area contributed by atoms with Gasteiger partial charge in [-0.15, -0.1) is 0 Å². The van der Waals surface area contributed by atoms with Gasteiger partial charge in [-0.05, 0) is 6.08 Å². The first kappa shape index (κ1) is 17.4. The number of rotatable bonds is 6. The number of methoxy groups -OCH3 is 1. The zero-order chi connectivity index (χ0) is 16.2.